The molecule has 0 radical (unpaired) electrons. The lowest BCUT2D eigenvalue weighted by atomic mass is 10.0. The maximum Gasteiger partial charge on any atom is 0.311 e. The molecule has 0 bridgehead atoms. The van der Waals surface area contributed by atoms with Crippen LogP contribution in [-0.2, 0) is 16.0 Å². The second kappa shape index (κ2) is 15.5. The van der Waals surface area contributed by atoms with Gasteiger partial charge in [-0.3, -0.25) is 4.79 Å². The number of benzene rings is 1. The number of aryl methyl sites for hydroxylation is 1. The Bertz CT molecular complexity index is 759. The number of esters is 1. The summed E-state index contributed by atoms with van der Waals surface area (Å²) in [6.45, 7) is 8.29. The number of nitrogens with zero attached hydrogens (tertiary/aromatic N) is 2. The number of carbonyl (C=O) groups excluding carboxylic acids is 1. The van der Waals surface area contributed by atoms with E-state index in [1.165, 1.54) is 25.7 Å². The van der Waals surface area contributed by atoms with Crippen molar-refractivity contribution in [2.75, 3.05) is 13.2 Å². The Balaban J connectivity index is 1.71. The summed E-state index contributed by atoms with van der Waals surface area (Å²) >= 11 is 0. The highest BCUT2D eigenvalue weighted by Crippen LogP contribution is 2.20. The summed E-state index contributed by atoms with van der Waals surface area (Å²) in [5.41, 5.74) is 2.02. The Morgan fingerprint density at radius 1 is 0.938 bits per heavy atom. The molecule has 32 heavy (non-hydrogen) atoms. The van der Waals surface area contributed by atoms with Gasteiger partial charge in [0.15, 0.2) is 5.82 Å². The third kappa shape index (κ3) is 10.4. The minimum atomic E-state index is -0.170. The normalized spacial score (nSPS) is 12.0. The van der Waals surface area contributed by atoms with Crippen LogP contribution in [0, 0.1) is 5.92 Å². The highest BCUT2D eigenvalue weighted by Gasteiger charge is 2.07. The fourth-order valence-electron chi connectivity index (χ4n) is 3.39. The van der Waals surface area contributed by atoms with Gasteiger partial charge in [-0.15, -0.1) is 0 Å². The summed E-state index contributed by atoms with van der Waals surface area (Å²) in [6, 6.07) is 7.40. The molecule has 5 heteroatoms. The standard InChI is InChI=1S/C27H40N2O3/c1-4-6-9-18-31-19-10-12-23-20-28-27(29-21-23)24-14-16-25(17-15-24)32-26(30)13-8-7-11-22(3)5-2/h14-17,20-22H,4-13,18-19H2,1-3H3. The van der Waals surface area contributed by atoms with Gasteiger partial charge >= 0.3 is 5.97 Å². The average Bonchev–Trinajstić information content (AvgIpc) is 2.82. The lowest BCUT2D eigenvalue weighted by Gasteiger charge is -2.08. The maximum absolute atomic E-state index is 12.0. The molecule has 5 nitrogen and oxygen atoms in total. The molecular formula is C27H40N2O3. The summed E-state index contributed by atoms with van der Waals surface area (Å²) in [5, 5.41) is 0. The van der Waals surface area contributed by atoms with Gasteiger partial charge in [-0.05, 0) is 61.4 Å². The summed E-state index contributed by atoms with van der Waals surface area (Å²) in [5.74, 6) is 1.80. The van der Waals surface area contributed by atoms with Gasteiger partial charge in [-0.2, -0.15) is 0 Å². The van der Waals surface area contributed by atoms with Crippen molar-refractivity contribution < 1.29 is 14.3 Å². The fourth-order valence-corrected chi connectivity index (χ4v) is 3.39. The predicted molar refractivity (Wildman–Crippen MR) is 130 cm³/mol. The molecule has 0 aliphatic carbocycles. The second-order valence-electron chi connectivity index (χ2n) is 8.60. The molecule has 1 heterocycles. The molecule has 0 aliphatic rings. The topological polar surface area (TPSA) is 61.3 Å². The van der Waals surface area contributed by atoms with E-state index in [4.69, 9.17) is 9.47 Å². The smallest absolute Gasteiger partial charge is 0.311 e. The van der Waals surface area contributed by atoms with E-state index in [-0.39, 0.29) is 5.97 Å². The quantitative estimate of drug-likeness (QED) is 0.163. The highest BCUT2D eigenvalue weighted by atomic mass is 16.5. The first-order valence-electron chi connectivity index (χ1n) is 12.3. The van der Waals surface area contributed by atoms with Crippen molar-refractivity contribution in [3.63, 3.8) is 0 Å². The van der Waals surface area contributed by atoms with Gasteiger partial charge in [0.25, 0.3) is 0 Å². The first-order valence-corrected chi connectivity index (χ1v) is 12.3. The first kappa shape index (κ1) is 26.0. The van der Waals surface area contributed by atoms with Crippen LogP contribution >= 0.6 is 0 Å². The van der Waals surface area contributed by atoms with Crippen LogP contribution in [0.4, 0.5) is 0 Å². The number of hydrogen-bond acceptors (Lipinski definition) is 5. The Labute approximate surface area is 194 Å². The fraction of sp³-hybridized carbons (Fsp3) is 0.593. The molecule has 176 valence electrons. The number of unbranched alkanes of at least 4 members (excludes halogenated alkanes) is 3. The second-order valence-corrected chi connectivity index (χ2v) is 8.60. The van der Waals surface area contributed by atoms with E-state index < -0.39 is 0 Å². The van der Waals surface area contributed by atoms with E-state index in [1.807, 2.05) is 24.5 Å². The van der Waals surface area contributed by atoms with E-state index in [1.54, 1.807) is 12.1 Å². The van der Waals surface area contributed by atoms with Gasteiger partial charge in [0, 0.05) is 37.6 Å². The largest absolute Gasteiger partial charge is 0.427 e. The zero-order valence-electron chi connectivity index (χ0n) is 20.1. The van der Waals surface area contributed by atoms with Gasteiger partial charge in [0.05, 0.1) is 0 Å². The summed E-state index contributed by atoms with van der Waals surface area (Å²) in [7, 11) is 0. The molecule has 0 aliphatic heterocycles. The lowest BCUT2D eigenvalue weighted by molar-refractivity contribution is -0.134. The SMILES string of the molecule is CCCCCOCCCc1cnc(-c2ccc(OC(=O)CCCCC(C)CC)cc2)nc1. The molecule has 0 amide bonds. The molecule has 1 aromatic carbocycles. The van der Waals surface area contributed by atoms with Gasteiger partial charge in [-0.1, -0.05) is 52.9 Å². The van der Waals surface area contributed by atoms with Crippen LogP contribution in [-0.4, -0.2) is 29.2 Å². The third-order valence-electron chi connectivity index (χ3n) is 5.72. The van der Waals surface area contributed by atoms with Crippen LogP contribution in [0.3, 0.4) is 0 Å². The zero-order chi connectivity index (χ0) is 23.0. The van der Waals surface area contributed by atoms with Gasteiger partial charge in [-0.25, -0.2) is 9.97 Å². The summed E-state index contributed by atoms with van der Waals surface area (Å²) in [6.07, 6.45) is 14.0. The third-order valence-corrected chi connectivity index (χ3v) is 5.72. The van der Waals surface area contributed by atoms with Crippen LogP contribution in [0.15, 0.2) is 36.7 Å². The molecule has 0 saturated heterocycles. The average molecular weight is 441 g/mol. The molecule has 0 fully saturated rings. The number of ether oxygens (including phenoxy) is 2. The van der Waals surface area contributed by atoms with Gasteiger partial charge < -0.3 is 9.47 Å². The van der Waals surface area contributed by atoms with Crippen molar-refractivity contribution in [3.8, 4) is 17.1 Å². The number of rotatable bonds is 16. The molecule has 0 N–H and O–H groups in total. The molecule has 1 atom stereocenters. The monoisotopic (exact) mass is 440 g/mol. The minimum Gasteiger partial charge on any atom is -0.427 e. The van der Waals surface area contributed by atoms with Crippen molar-refractivity contribution in [2.24, 2.45) is 5.92 Å². The molecule has 1 unspecified atom stereocenters. The van der Waals surface area contributed by atoms with Crippen molar-refractivity contribution >= 4 is 5.97 Å². The van der Waals surface area contributed by atoms with Crippen LogP contribution < -0.4 is 4.74 Å². The highest BCUT2D eigenvalue weighted by molar-refractivity contribution is 5.72. The molecule has 0 saturated carbocycles. The Kier molecular flexibility index (Phi) is 12.6. The van der Waals surface area contributed by atoms with E-state index in [2.05, 4.69) is 30.7 Å². The number of aromatic nitrogens is 2. The minimum absolute atomic E-state index is 0.170. The van der Waals surface area contributed by atoms with Crippen molar-refractivity contribution in [1.29, 1.82) is 0 Å². The molecule has 0 spiro atoms. The van der Waals surface area contributed by atoms with Gasteiger partial charge in [0.1, 0.15) is 5.75 Å². The van der Waals surface area contributed by atoms with Crippen LogP contribution in [0.2, 0.25) is 0 Å². The molecule has 2 aromatic rings. The molecule has 2 rings (SSSR count). The van der Waals surface area contributed by atoms with Crippen molar-refractivity contribution in [2.45, 2.75) is 85.0 Å². The summed E-state index contributed by atoms with van der Waals surface area (Å²) < 4.78 is 11.1. The van der Waals surface area contributed by atoms with E-state index in [9.17, 15) is 4.79 Å². The lowest BCUT2D eigenvalue weighted by Crippen LogP contribution is -2.07. The molecular weight excluding hydrogens is 400 g/mol. The Hall–Kier alpha value is -2.27. The van der Waals surface area contributed by atoms with E-state index in [0.29, 0.717) is 18.0 Å². The summed E-state index contributed by atoms with van der Waals surface area (Å²) in [4.78, 5) is 21.0. The Morgan fingerprint density at radius 2 is 1.66 bits per heavy atom. The number of hydrogen-bond donors (Lipinski definition) is 0. The maximum atomic E-state index is 12.0. The first-order chi connectivity index (χ1) is 15.6. The Morgan fingerprint density at radius 3 is 2.34 bits per heavy atom. The molecule has 1 aromatic heterocycles. The van der Waals surface area contributed by atoms with Crippen molar-refractivity contribution in [3.05, 3.63) is 42.2 Å². The van der Waals surface area contributed by atoms with Crippen LogP contribution in [0.25, 0.3) is 11.4 Å². The van der Waals surface area contributed by atoms with Crippen LogP contribution in [0.1, 0.15) is 84.1 Å². The predicted octanol–water partition coefficient (Wildman–Crippen LogP) is 6.79. The van der Waals surface area contributed by atoms with Crippen LogP contribution in [0.5, 0.6) is 5.75 Å². The number of carbonyl (C=O) groups is 1. The van der Waals surface area contributed by atoms with E-state index in [0.717, 1.165) is 62.4 Å². The van der Waals surface area contributed by atoms with Crippen molar-refractivity contribution in [1.82, 2.24) is 9.97 Å². The van der Waals surface area contributed by atoms with E-state index >= 15 is 0 Å². The van der Waals surface area contributed by atoms with Gasteiger partial charge in [0.2, 0.25) is 0 Å². The zero-order valence-corrected chi connectivity index (χ0v) is 20.1.